The number of benzene rings is 2. The van der Waals surface area contributed by atoms with E-state index in [4.69, 9.17) is 14.3 Å². The van der Waals surface area contributed by atoms with Gasteiger partial charge in [-0.1, -0.05) is 60.7 Å². The van der Waals surface area contributed by atoms with Crippen molar-refractivity contribution in [3.8, 4) is 0 Å². The Morgan fingerprint density at radius 3 is 2.17 bits per heavy atom. The van der Waals surface area contributed by atoms with Gasteiger partial charge >= 0.3 is 12.2 Å². The molecule has 0 radical (unpaired) electrons. The van der Waals surface area contributed by atoms with Crippen molar-refractivity contribution in [3.63, 3.8) is 0 Å². The molecule has 1 saturated heterocycles. The first-order chi connectivity index (χ1) is 16.6. The number of carbonyl (C=O) groups excluding carboxylic acids is 3. The van der Waals surface area contributed by atoms with Crippen LogP contribution in [0.5, 0.6) is 0 Å². The molecular weight excluding hydrogens is 452 g/mol. The number of hydrogen-bond donors (Lipinski definition) is 1. The maximum atomic E-state index is 13.0. The SMILES string of the molecule is CN(C(=O)OC(C)(C)C)C1CN(C(=O)OCc2ccccc2)/C(=N/OCc2ccccc2)NC1=O. The van der Waals surface area contributed by atoms with Crippen LogP contribution in [0.1, 0.15) is 31.9 Å². The van der Waals surface area contributed by atoms with Crippen molar-refractivity contribution >= 4 is 24.1 Å². The van der Waals surface area contributed by atoms with E-state index in [0.717, 1.165) is 20.9 Å². The van der Waals surface area contributed by atoms with Gasteiger partial charge in [0.25, 0.3) is 11.9 Å². The quantitative estimate of drug-likeness (QED) is 0.632. The largest absolute Gasteiger partial charge is 0.444 e. The van der Waals surface area contributed by atoms with Crippen molar-refractivity contribution < 1.29 is 28.7 Å². The van der Waals surface area contributed by atoms with Crippen LogP contribution in [0.2, 0.25) is 0 Å². The van der Waals surface area contributed by atoms with Gasteiger partial charge < -0.3 is 14.3 Å². The van der Waals surface area contributed by atoms with Crippen molar-refractivity contribution in [1.29, 1.82) is 0 Å². The minimum atomic E-state index is -1.03. The van der Waals surface area contributed by atoms with Crippen LogP contribution in [0.3, 0.4) is 0 Å². The van der Waals surface area contributed by atoms with Crippen LogP contribution in [0.15, 0.2) is 65.8 Å². The minimum absolute atomic E-state index is 0.0227. The average molecular weight is 483 g/mol. The fraction of sp³-hybridized carbons (Fsp3) is 0.360. The summed E-state index contributed by atoms with van der Waals surface area (Å²) in [6.45, 7) is 5.14. The number of ether oxygens (including phenoxy) is 2. The van der Waals surface area contributed by atoms with Gasteiger partial charge in [0.2, 0.25) is 0 Å². The second-order valence-electron chi connectivity index (χ2n) is 8.92. The molecule has 1 unspecified atom stereocenters. The highest BCUT2D eigenvalue weighted by atomic mass is 16.6. The summed E-state index contributed by atoms with van der Waals surface area (Å²) in [6.07, 6.45) is -1.45. The molecule has 1 atom stereocenters. The van der Waals surface area contributed by atoms with Gasteiger partial charge in [-0.25, -0.2) is 14.5 Å². The van der Waals surface area contributed by atoms with E-state index in [2.05, 4.69) is 10.5 Å². The Hall–Kier alpha value is -4.08. The summed E-state index contributed by atoms with van der Waals surface area (Å²) >= 11 is 0. The van der Waals surface area contributed by atoms with E-state index in [1.165, 1.54) is 7.05 Å². The molecule has 1 fully saturated rings. The third-order valence-corrected chi connectivity index (χ3v) is 4.95. The van der Waals surface area contributed by atoms with E-state index in [0.29, 0.717) is 0 Å². The van der Waals surface area contributed by atoms with Crippen LogP contribution < -0.4 is 5.32 Å². The number of guanidine groups is 1. The Kier molecular flexibility index (Phi) is 8.30. The smallest absolute Gasteiger partial charge is 0.417 e. The Labute approximate surface area is 204 Å². The molecule has 1 heterocycles. The van der Waals surface area contributed by atoms with Gasteiger partial charge in [-0.15, -0.1) is 0 Å². The Morgan fingerprint density at radius 2 is 1.60 bits per heavy atom. The first-order valence-electron chi connectivity index (χ1n) is 11.1. The zero-order chi connectivity index (χ0) is 25.4. The van der Waals surface area contributed by atoms with E-state index in [1.54, 1.807) is 20.8 Å². The third kappa shape index (κ3) is 7.46. The summed E-state index contributed by atoms with van der Waals surface area (Å²) in [5.74, 6) is -0.662. The number of nitrogens with zero attached hydrogens (tertiary/aromatic N) is 3. The molecule has 0 saturated carbocycles. The fourth-order valence-corrected chi connectivity index (χ4v) is 3.14. The molecule has 186 valence electrons. The maximum Gasteiger partial charge on any atom is 0.417 e. The monoisotopic (exact) mass is 482 g/mol. The molecule has 1 N–H and O–H groups in total. The van der Waals surface area contributed by atoms with Gasteiger partial charge in [-0.2, -0.15) is 0 Å². The van der Waals surface area contributed by atoms with Crippen molar-refractivity contribution in [1.82, 2.24) is 15.1 Å². The second-order valence-corrected chi connectivity index (χ2v) is 8.92. The summed E-state index contributed by atoms with van der Waals surface area (Å²) in [6, 6.07) is 17.5. The van der Waals surface area contributed by atoms with Crippen LogP contribution in [0, 0.1) is 0 Å². The van der Waals surface area contributed by atoms with Crippen molar-refractivity contribution in [2.45, 2.75) is 45.6 Å². The lowest BCUT2D eigenvalue weighted by Gasteiger charge is -2.36. The molecule has 2 aromatic carbocycles. The number of amides is 3. The van der Waals surface area contributed by atoms with Gasteiger partial charge in [0.1, 0.15) is 24.9 Å². The van der Waals surface area contributed by atoms with E-state index in [-0.39, 0.29) is 25.7 Å². The molecule has 1 aliphatic heterocycles. The van der Waals surface area contributed by atoms with Gasteiger partial charge in [0, 0.05) is 7.05 Å². The molecule has 0 aliphatic carbocycles. The van der Waals surface area contributed by atoms with E-state index >= 15 is 0 Å². The van der Waals surface area contributed by atoms with Gasteiger partial charge in [-0.3, -0.25) is 15.0 Å². The van der Waals surface area contributed by atoms with Crippen molar-refractivity contribution in [2.75, 3.05) is 13.6 Å². The third-order valence-electron chi connectivity index (χ3n) is 4.95. The summed E-state index contributed by atoms with van der Waals surface area (Å²) in [4.78, 5) is 46.0. The first kappa shape index (κ1) is 25.5. The number of carbonyl (C=O) groups is 3. The number of hydrogen-bond acceptors (Lipinski definition) is 7. The predicted octanol–water partition coefficient (Wildman–Crippen LogP) is 3.48. The van der Waals surface area contributed by atoms with Gasteiger partial charge in [-0.05, 0) is 37.1 Å². The number of nitrogens with one attached hydrogen (secondary N) is 1. The topological polar surface area (TPSA) is 110 Å². The average Bonchev–Trinajstić information content (AvgIpc) is 2.82. The first-order valence-corrected chi connectivity index (χ1v) is 11.1. The van der Waals surface area contributed by atoms with E-state index < -0.39 is 29.7 Å². The number of oxime groups is 1. The molecule has 1 aliphatic rings. The fourth-order valence-electron chi connectivity index (χ4n) is 3.14. The molecule has 0 aromatic heterocycles. The molecule has 2 aromatic rings. The number of rotatable bonds is 6. The zero-order valence-corrected chi connectivity index (χ0v) is 20.3. The standard InChI is InChI=1S/C25H30N4O6/c1-25(2,3)35-23(31)28(4)20-15-29(24(32)33-16-18-11-7-5-8-12-18)22(26-21(20)30)27-34-17-19-13-9-6-10-14-19/h5-14,20H,15-17H2,1-4H3,(H,26,27,30). The van der Waals surface area contributed by atoms with E-state index in [9.17, 15) is 14.4 Å². The molecule has 3 rings (SSSR count). The van der Waals surface area contributed by atoms with Gasteiger partial charge in [0.05, 0.1) is 6.54 Å². The summed E-state index contributed by atoms with van der Waals surface area (Å²) in [5.41, 5.74) is 0.908. The van der Waals surface area contributed by atoms with Crippen molar-refractivity contribution in [2.24, 2.45) is 5.16 Å². The molecular formula is C25H30N4O6. The summed E-state index contributed by atoms with van der Waals surface area (Å²) in [7, 11) is 1.43. The normalized spacial score (nSPS) is 16.9. The lowest BCUT2D eigenvalue weighted by molar-refractivity contribution is -0.126. The molecule has 10 heteroatoms. The molecule has 35 heavy (non-hydrogen) atoms. The predicted molar refractivity (Wildman–Crippen MR) is 128 cm³/mol. The van der Waals surface area contributed by atoms with Crippen LogP contribution in [0.25, 0.3) is 0 Å². The zero-order valence-electron chi connectivity index (χ0n) is 20.3. The molecule has 0 spiro atoms. The summed E-state index contributed by atoms with van der Waals surface area (Å²) in [5, 5.41) is 6.50. The second kappa shape index (κ2) is 11.4. The van der Waals surface area contributed by atoms with E-state index in [1.807, 2.05) is 60.7 Å². The Morgan fingerprint density at radius 1 is 1.03 bits per heavy atom. The maximum absolute atomic E-state index is 13.0. The summed E-state index contributed by atoms with van der Waals surface area (Å²) < 4.78 is 10.8. The molecule has 0 bridgehead atoms. The highest BCUT2D eigenvalue weighted by Crippen LogP contribution is 2.15. The van der Waals surface area contributed by atoms with Crippen LogP contribution in [-0.2, 0) is 32.3 Å². The lowest BCUT2D eigenvalue weighted by Crippen LogP contribution is -2.64. The Bertz CT molecular complexity index is 1050. The van der Waals surface area contributed by atoms with Crippen LogP contribution in [0.4, 0.5) is 9.59 Å². The molecule has 3 amide bonds. The highest BCUT2D eigenvalue weighted by molar-refractivity contribution is 6.07. The Balaban J connectivity index is 1.75. The lowest BCUT2D eigenvalue weighted by atomic mass is 10.2. The van der Waals surface area contributed by atoms with Gasteiger partial charge in [0.15, 0.2) is 0 Å². The van der Waals surface area contributed by atoms with Crippen molar-refractivity contribution in [3.05, 3.63) is 71.8 Å². The number of likely N-dealkylation sites (N-methyl/N-ethyl adjacent to an activating group) is 1. The van der Waals surface area contributed by atoms with Crippen LogP contribution >= 0.6 is 0 Å². The molecule has 10 nitrogen and oxygen atoms in total. The minimum Gasteiger partial charge on any atom is -0.444 e. The highest BCUT2D eigenvalue weighted by Gasteiger charge is 2.40. The van der Waals surface area contributed by atoms with Crippen LogP contribution in [-0.4, -0.2) is 59.1 Å².